The summed E-state index contributed by atoms with van der Waals surface area (Å²) in [5.41, 5.74) is 0.684. The van der Waals surface area contributed by atoms with E-state index in [1.807, 2.05) is 4.90 Å². The number of likely N-dealkylation sites (tertiary alicyclic amines) is 1. The molecular formula is C16H23NO3. The SMILES string of the molecule is COc1ccc(C(=O)N2CCCCC2CC(C)O)cc1. The van der Waals surface area contributed by atoms with Gasteiger partial charge >= 0.3 is 0 Å². The fraction of sp³-hybridized carbons (Fsp3) is 0.562. The molecule has 1 amide bonds. The molecule has 0 aromatic heterocycles. The van der Waals surface area contributed by atoms with Crippen molar-refractivity contribution in [3.8, 4) is 5.75 Å². The van der Waals surface area contributed by atoms with Gasteiger partial charge in [-0.3, -0.25) is 4.79 Å². The number of carbonyl (C=O) groups is 1. The second kappa shape index (κ2) is 6.75. The van der Waals surface area contributed by atoms with E-state index >= 15 is 0 Å². The van der Waals surface area contributed by atoms with Crippen molar-refractivity contribution in [2.45, 2.75) is 44.8 Å². The number of ether oxygens (including phenoxy) is 1. The monoisotopic (exact) mass is 277 g/mol. The van der Waals surface area contributed by atoms with E-state index in [4.69, 9.17) is 4.74 Å². The maximum absolute atomic E-state index is 12.6. The molecule has 2 unspecified atom stereocenters. The average Bonchev–Trinajstić information content (AvgIpc) is 2.46. The Morgan fingerprint density at radius 2 is 2.10 bits per heavy atom. The van der Waals surface area contributed by atoms with E-state index in [2.05, 4.69) is 0 Å². The van der Waals surface area contributed by atoms with Gasteiger partial charge in [-0.1, -0.05) is 0 Å². The normalized spacial score (nSPS) is 20.6. The maximum atomic E-state index is 12.6. The molecule has 1 saturated heterocycles. The number of rotatable bonds is 4. The predicted molar refractivity (Wildman–Crippen MR) is 78.0 cm³/mol. The Kier molecular flexibility index (Phi) is 5.01. The Bertz CT molecular complexity index is 442. The average molecular weight is 277 g/mol. The molecule has 1 fully saturated rings. The van der Waals surface area contributed by atoms with Crippen molar-refractivity contribution in [2.24, 2.45) is 0 Å². The molecule has 4 heteroatoms. The van der Waals surface area contributed by atoms with E-state index in [0.29, 0.717) is 12.0 Å². The molecule has 1 aliphatic rings. The van der Waals surface area contributed by atoms with Crippen molar-refractivity contribution in [3.63, 3.8) is 0 Å². The summed E-state index contributed by atoms with van der Waals surface area (Å²) >= 11 is 0. The number of nitrogens with zero attached hydrogens (tertiary/aromatic N) is 1. The van der Waals surface area contributed by atoms with Crippen molar-refractivity contribution in [2.75, 3.05) is 13.7 Å². The minimum absolute atomic E-state index is 0.0537. The molecule has 2 atom stereocenters. The molecule has 4 nitrogen and oxygen atoms in total. The molecule has 1 aliphatic heterocycles. The minimum atomic E-state index is -0.371. The molecule has 2 rings (SSSR count). The molecule has 1 heterocycles. The van der Waals surface area contributed by atoms with Crippen molar-refractivity contribution in [1.82, 2.24) is 4.90 Å². The number of aliphatic hydroxyl groups excluding tert-OH is 1. The highest BCUT2D eigenvalue weighted by molar-refractivity contribution is 5.94. The molecule has 0 aliphatic carbocycles. The smallest absolute Gasteiger partial charge is 0.254 e. The number of aliphatic hydroxyl groups is 1. The summed E-state index contributed by atoms with van der Waals surface area (Å²) in [5, 5.41) is 9.59. The quantitative estimate of drug-likeness (QED) is 0.919. The number of hydrogen-bond donors (Lipinski definition) is 1. The van der Waals surface area contributed by atoms with E-state index in [1.54, 1.807) is 38.3 Å². The highest BCUT2D eigenvalue weighted by atomic mass is 16.5. The van der Waals surface area contributed by atoms with Crippen LogP contribution in [0, 0.1) is 0 Å². The van der Waals surface area contributed by atoms with Crippen LogP contribution in [0.3, 0.4) is 0 Å². The summed E-state index contributed by atoms with van der Waals surface area (Å²) in [6.45, 7) is 2.56. The predicted octanol–water partition coefficient (Wildman–Crippen LogP) is 2.46. The number of carbonyl (C=O) groups excluding carboxylic acids is 1. The molecule has 0 bridgehead atoms. The molecule has 0 saturated carbocycles. The largest absolute Gasteiger partial charge is 0.497 e. The van der Waals surface area contributed by atoms with Crippen LogP contribution in [0.4, 0.5) is 0 Å². The highest BCUT2D eigenvalue weighted by Crippen LogP contribution is 2.23. The van der Waals surface area contributed by atoms with Gasteiger partial charge in [0, 0.05) is 18.2 Å². The summed E-state index contributed by atoms with van der Waals surface area (Å²) in [5.74, 6) is 0.804. The first-order valence-electron chi connectivity index (χ1n) is 7.25. The zero-order valence-corrected chi connectivity index (χ0v) is 12.2. The second-order valence-corrected chi connectivity index (χ2v) is 5.46. The minimum Gasteiger partial charge on any atom is -0.497 e. The number of amides is 1. The van der Waals surface area contributed by atoms with Crippen LogP contribution in [0.25, 0.3) is 0 Å². The Morgan fingerprint density at radius 3 is 2.70 bits per heavy atom. The van der Waals surface area contributed by atoms with Crippen molar-refractivity contribution in [1.29, 1.82) is 0 Å². The summed E-state index contributed by atoms with van der Waals surface area (Å²) in [4.78, 5) is 14.5. The third-order valence-electron chi connectivity index (χ3n) is 3.84. The van der Waals surface area contributed by atoms with Gasteiger partial charge in [0.05, 0.1) is 13.2 Å². The number of hydrogen-bond acceptors (Lipinski definition) is 3. The van der Waals surface area contributed by atoms with Gasteiger partial charge < -0.3 is 14.7 Å². The van der Waals surface area contributed by atoms with E-state index in [1.165, 1.54) is 0 Å². The third-order valence-corrected chi connectivity index (χ3v) is 3.84. The lowest BCUT2D eigenvalue weighted by Crippen LogP contribution is -2.45. The maximum Gasteiger partial charge on any atom is 0.254 e. The van der Waals surface area contributed by atoms with Gasteiger partial charge in [-0.15, -0.1) is 0 Å². The standard InChI is InChI=1S/C16H23NO3/c1-12(18)11-14-5-3-4-10-17(14)16(19)13-6-8-15(20-2)9-7-13/h6-9,12,14,18H,3-5,10-11H2,1-2H3. The summed E-state index contributed by atoms with van der Waals surface area (Å²) < 4.78 is 5.11. The zero-order chi connectivity index (χ0) is 14.5. The van der Waals surface area contributed by atoms with E-state index in [-0.39, 0.29) is 18.1 Å². The van der Waals surface area contributed by atoms with Gasteiger partial charge in [0.1, 0.15) is 5.75 Å². The van der Waals surface area contributed by atoms with Crippen molar-refractivity contribution in [3.05, 3.63) is 29.8 Å². The number of piperidine rings is 1. The van der Waals surface area contributed by atoms with Crippen LogP contribution in [0.1, 0.15) is 43.0 Å². The van der Waals surface area contributed by atoms with Crippen molar-refractivity contribution < 1.29 is 14.6 Å². The van der Waals surface area contributed by atoms with Crippen LogP contribution in [-0.4, -0.2) is 41.7 Å². The fourth-order valence-electron chi connectivity index (χ4n) is 2.81. The Balaban J connectivity index is 2.11. The molecule has 110 valence electrons. The summed E-state index contributed by atoms with van der Waals surface area (Å²) in [7, 11) is 1.61. The second-order valence-electron chi connectivity index (χ2n) is 5.46. The third kappa shape index (κ3) is 3.51. The molecule has 1 N–H and O–H groups in total. The lowest BCUT2D eigenvalue weighted by atomic mass is 9.96. The van der Waals surface area contributed by atoms with Gasteiger partial charge in [-0.25, -0.2) is 0 Å². The van der Waals surface area contributed by atoms with Crippen molar-refractivity contribution >= 4 is 5.91 Å². The van der Waals surface area contributed by atoms with Crippen LogP contribution in [-0.2, 0) is 0 Å². The van der Waals surface area contributed by atoms with Crippen LogP contribution >= 0.6 is 0 Å². The lowest BCUT2D eigenvalue weighted by Gasteiger charge is -2.36. The fourth-order valence-corrected chi connectivity index (χ4v) is 2.81. The Hall–Kier alpha value is -1.55. The Labute approximate surface area is 120 Å². The molecule has 1 aromatic carbocycles. The molecule has 0 radical (unpaired) electrons. The Morgan fingerprint density at radius 1 is 1.40 bits per heavy atom. The van der Waals surface area contributed by atoms with Crippen LogP contribution in [0.5, 0.6) is 5.75 Å². The van der Waals surface area contributed by atoms with Crippen LogP contribution < -0.4 is 4.74 Å². The molecule has 20 heavy (non-hydrogen) atoms. The topological polar surface area (TPSA) is 49.8 Å². The van der Waals surface area contributed by atoms with Gasteiger partial charge in [0.15, 0.2) is 0 Å². The molecular weight excluding hydrogens is 254 g/mol. The number of benzene rings is 1. The first-order chi connectivity index (χ1) is 9.61. The summed E-state index contributed by atoms with van der Waals surface area (Å²) in [6.07, 6.45) is 3.43. The molecule has 1 aromatic rings. The van der Waals surface area contributed by atoms with Gasteiger partial charge in [-0.05, 0) is 56.9 Å². The first-order valence-corrected chi connectivity index (χ1v) is 7.25. The highest BCUT2D eigenvalue weighted by Gasteiger charge is 2.28. The van der Waals surface area contributed by atoms with Gasteiger partial charge in [0.2, 0.25) is 0 Å². The van der Waals surface area contributed by atoms with E-state index in [0.717, 1.165) is 31.6 Å². The number of methoxy groups -OCH3 is 1. The van der Waals surface area contributed by atoms with Gasteiger partial charge in [0.25, 0.3) is 5.91 Å². The zero-order valence-electron chi connectivity index (χ0n) is 12.2. The molecule has 0 spiro atoms. The first kappa shape index (κ1) is 14.9. The van der Waals surface area contributed by atoms with Gasteiger partial charge in [-0.2, -0.15) is 0 Å². The van der Waals surface area contributed by atoms with E-state index < -0.39 is 0 Å². The van der Waals surface area contributed by atoms with E-state index in [9.17, 15) is 9.90 Å². The van der Waals surface area contributed by atoms with Crippen LogP contribution in [0.2, 0.25) is 0 Å². The summed E-state index contributed by atoms with van der Waals surface area (Å²) in [6, 6.07) is 7.37. The van der Waals surface area contributed by atoms with Crippen LogP contribution in [0.15, 0.2) is 24.3 Å². The lowest BCUT2D eigenvalue weighted by molar-refractivity contribution is 0.0515.